The molecule has 0 aliphatic heterocycles. The number of aromatic nitrogens is 2. The highest BCUT2D eigenvalue weighted by Crippen LogP contribution is 2.26. The molecule has 0 saturated carbocycles. The maximum atomic E-state index is 12.3. The molecule has 0 aromatic carbocycles. The fourth-order valence-electron chi connectivity index (χ4n) is 0.976. The molecular formula is C7H9F3IN3. The molecule has 0 bridgehead atoms. The van der Waals surface area contributed by atoms with Gasteiger partial charge in [-0.2, -0.15) is 18.3 Å². The zero-order valence-electron chi connectivity index (χ0n) is 7.13. The molecule has 1 unspecified atom stereocenters. The second-order valence-corrected chi connectivity index (χ2v) is 4.10. The van der Waals surface area contributed by atoms with E-state index in [2.05, 4.69) is 5.10 Å². The van der Waals surface area contributed by atoms with E-state index in [0.29, 0.717) is 0 Å². The first-order chi connectivity index (χ1) is 6.43. The summed E-state index contributed by atoms with van der Waals surface area (Å²) in [5.41, 5.74) is 5.05. The van der Waals surface area contributed by atoms with Crippen molar-refractivity contribution in [1.82, 2.24) is 9.78 Å². The summed E-state index contributed by atoms with van der Waals surface area (Å²) in [6, 6.07) is 0. The van der Waals surface area contributed by atoms with E-state index in [4.69, 9.17) is 5.73 Å². The van der Waals surface area contributed by atoms with Crippen LogP contribution in [0.1, 0.15) is 0 Å². The second-order valence-electron chi connectivity index (χ2n) is 2.85. The molecule has 0 aliphatic rings. The van der Waals surface area contributed by atoms with Gasteiger partial charge in [0.25, 0.3) is 0 Å². The Balaban J connectivity index is 2.66. The van der Waals surface area contributed by atoms with E-state index in [-0.39, 0.29) is 6.54 Å². The van der Waals surface area contributed by atoms with Crippen LogP contribution in [-0.4, -0.2) is 22.5 Å². The Morgan fingerprint density at radius 3 is 2.57 bits per heavy atom. The van der Waals surface area contributed by atoms with Crippen LogP contribution in [0.15, 0.2) is 12.4 Å². The zero-order valence-corrected chi connectivity index (χ0v) is 9.29. The van der Waals surface area contributed by atoms with E-state index in [1.165, 1.54) is 10.9 Å². The first kappa shape index (κ1) is 11.8. The third-order valence-corrected chi connectivity index (χ3v) is 2.31. The molecule has 0 radical (unpaired) electrons. The van der Waals surface area contributed by atoms with Crippen molar-refractivity contribution in [3.05, 3.63) is 16.0 Å². The van der Waals surface area contributed by atoms with Gasteiger partial charge in [0.1, 0.15) is 0 Å². The number of hydrogen-bond acceptors (Lipinski definition) is 2. The lowest BCUT2D eigenvalue weighted by molar-refractivity contribution is -0.175. The van der Waals surface area contributed by atoms with Crippen LogP contribution >= 0.6 is 22.6 Å². The highest BCUT2D eigenvalue weighted by atomic mass is 127. The van der Waals surface area contributed by atoms with Gasteiger partial charge >= 0.3 is 6.18 Å². The molecule has 3 nitrogen and oxygen atoms in total. The van der Waals surface area contributed by atoms with Crippen LogP contribution in [0.5, 0.6) is 0 Å². The second kappa shape index (κ2) is 4.47. The number of hydrogen-bond donors (Lipinski definition) is 1. The van der Waals surface area contributed by atoms with Crippen molar-refractivity contribution in [2.45, 2.75) is 12.7 Å². The minimum atomic E-state index is -4.26. The minimum absolute atomic E-state index is 0.219. The summed E-state index contributed by atoms with van der Waals surface area (Å²) in [5, 5.41) is 3.77. The lowest BCUT2D eigenvalue weighted by atomic mass is 10.1. The summed E-state index contributed by atoms with van der Waals surface area (Å²) < 4.78 is 38.9. The van der Waals surface area contributed by atoms with Crippen molar-refractivity contribution in [1.29, 1.82) is 0 Å². The summed E-state index contributed by atoms with van der Waals surface area (Å²) in [4.78, 5) is 0. The molecule has 7 heteroatoms. The molecular weight excluding hydrogens is 310 g/mol. The van der Waals surface area contributed by atoms with Gasteiger partial charge in [0.15, 0.2) is 0 Å². The van der Waals surface area contributed by atoms with Crippen LogP contribution in [0.4, 0.5) is 13.2 Å². The van der Waals surface area contributed by atoms with Crippen LogP contribution in [-0.2, 0) is 6.54 Å². The van der Waals surface area contributed by atoms with E-state index < -0.39 is 18.6 Å². The summed E-state index contributed by atoms with van der Waals surface area (Å²) in [7, 11) is 0. The van der Waals surface area contributed by atoms with Gasteiger partial charge in [-0.25, -0.2) is 0 Å². The van der Waals surface area contributed by atoms with Crippen LogP contribution < -0.4 is 5.73 Å². The average Bonchev–Trinajstić information content (AvgIpc) is 2.45. The number of alkyl halides is 3. The molecule has 1 aromatic rings. The van der Waals surface area contributed by atoms with E-state index in [0.717, 1.165) is 3.57 Å². The molecule has 1 atom stereocenters. The highest BCUT2D eigenvalue weighted by molar-refractivity contribution is 14.1. The fourth-order valence-corrected chi connectivity index (χ4v) is 1.42. The third kappa shape index (κ3) is 3.12. The minimum Gasteiger partial charge on any atom is -0.330 e. The Hall–Kier alpha value is -0.310. The third-order valence-electron chi connectivity index (χ3n) is 1.76. The smallest absolute Gasteiger partial charge is 0.330 e. The quantitative estimate of drug-likeness (QED) is 0.861. The van der Waals surface area contributed by atoms with E-state index in [1.807, 2.05) is 22.6 Å². The van der Waals surface area contributed by atoms with E-state index in [9.17, 15) is 13.2 Å². The van der Waals surface area contributed by atoms with Gasteiger partial charge in [0, 0.05) is 12.7 Å². The molecule has 0 amide bonds. The van der Waals surface area contributed by atoms with Crippen LogP contribution in [0, 0.1) is 9.49 Å². The SMILES string of the molecule is NCC(Cn1cc(I)cn1)C(F)(F)F. The summed E-state index contributed by atoms with van der Waals surface area (Å²) in [6.45, 7) is -0.636. The Morgan fingerprint density at radius 2 is 2.21 bits per heavy atom. The summed E-state index contributed by atoms with van der Waals surface area (Å²) in [6.07, 6.45) is -1.20. The van der Waals surface area contributed by atoms with Crippen LogP contribution in [0.2, 0.25) is 0 Å². The maximum absolute atomic E-state index is 12.3. The lowest BCUT2D eigenvalue weighted by Crippen LogP contribution is -2.33. The van der Waals surface area contributed by atoms with Crippen molar-refractivity contribution in [3.8, 4) is 0 Å². The maximum Gasteiger partial charge on any atom is 0.394 e. The van der Waals surface area contributed by atoms with Gasteiger partial charge < -0.3 is 5.73 Å². The Bertz CT molecular complexity index is 297. The predicted molar refractivity (Wildman–Crippen MR) is 53.5 cm³/mol. The van der Waals surface area contributed by atoms with Gasteiger partial charge in [-0.05, 0) is 22.6 Å². The van der Waals surface area contributed by atoms with Gasteiger partial charge in [0.05, 0.1) is 22.2 Å². The monoisotopic (exact) mass is 319 g/mol. The van der Waals surface area contributed by atoms with Crippen molar-refractivity contribution in [3.63, 3.8) is 0 Å². The van der Waals surface area contributed by atoms with E-state index in [1.54, 1.807) is 6.20 Å². The van der Waals surface area contributed by atoms with Crippen molar-refractivity contribution in [2.24, 2.45) is 11.7 Å². The van der Waals surface area contributed by atoms with Crippen LogP contribution in [0.25, 0.3) is 0 Å². The summed E-state index contributed by atoms with van der Waals surface area (Å²) in [5.74, 6) is -1.53. The molecule has 1 heterocycles. The number of nitrogens with zero attached hydrogens (tertiary/aromatic N) is 2. The fraction of sp³-hybridized carbons (Fsp3) is 0.571. The van der Waals surface area contributed by atoms with Gasteiger partial charge in [0.2, 0.25) is 0 Å². The normalized spacial score (nSPS) is 14.4. The zero-order chi connectivity index (χ0) is 10.8. The standard InChI is InChI=1S/C7H9F3IN3/c8-7(9,10)5(1-12)3-14-4-6(11)2-13-14/h2,4-5H,1,3,12H2. The number of halogens is 4. The molecule has 0 aliphatic carbocycles. The molecule has 2 N–H and O–H groups in total. The topological polar surface area (TPSA) is 43.8 Å². The lowest BCUT2D eigenvalue weighted by Gasteiger charge is -2.17. The predicted octanol–water partition coefficient (Wildman–Crippen LogP) is 1.62. The first-order valence-electron chi connectivity index (χ1n) is 3.88. The van der Waals surface area contributed by atoms with Crippen molar-refractivity contribution >= 4 is 22.6 Å². The molecule has 1 aromatic heterocycles. The Kier molecular flexibility index (Phi) is 3.76. The van der Waals surface area contributed by atoms with Gasteiger partial charge in [-0.15, -0.1) is 0 Å². The Morgan fingerprint density at radius 1 is 1.57 bits per heavy atom. The molecule has 0 spiro atoms. The van der Waals surface area contributed by atoms with Crippen LogP contribution in [0.3, 0.4) is 0 Å². The first-order valence-corrected chi connectivity index (χ1v) is 4.96. The largest absolute Gasteiger partial charge is 0.394 e. The molecule has 0 saturated heterocycles. The van der Waals surface area contributed by atoms with Gasteiger partial charge in [-0.3, -0.25) is 4.68 Å². The number of rotatable bonds is 3. The molecule has 80 valence electrons. The Labute approximate surface area is 92.6 Å². The summed E-state index contributed by atoms with van der Waals surface area (Å²) >= 11 is 1.98. The van der Waals surface area contributed by atoms with Crippen molar-refractivity contribution < 1.29 is 13.2 Å². The molecule has 0 fully saturated rings. The molecule has 14 heavy (non-hydrogen) atoms. The highest BCUT2D eigenvalue weighted by Gasteiger charge is 2.38. The molecule has 1 rings (SSSR count). The van der Waals surface area contributed by atoms with Crippen molar-refractivity contribution in [2.75, 3.05) is 6.54 Å². The van der Waals surface area contributed by atoms with E-state index >= 15 is 0 Å². The van der Waals surface area contributed by atoms with Gasteiger partial charge in [-0.1, -0.05) is 0 Å². The number of nitrogens with two attached hydrogens (primary N) is 1. The average molecular weight is 319 g/mol.